The molecular weight excluding hydrogens is 578 g/mol. The number of carbonyl (C=O) groups is 1. The summed E-state index contributed by atoms with van der Waals surface area (Å²) in [6, 6.07) is -0.535. The molecule has 47 heavy (non-hydrogen) atoms. The van der Waals surface area contributed by atoms with Crippen LogP contribution in [0.4, 0.5) is 0 Å². The molecule has 0 saturated heterocycles. The highest BCUT2D eigenvalue weighted by atomic mass is 16.3. The van der Waals surface area contributed by atoms with Gasteiger partial charge in [0, 0.05) is 6.42 Å². The molecule has 0 saturated carbocycles. The Morgan fingerprint density at radius 3 is 1.28 bits per heavy atom. The first kappa shape index (κ1) is 45.9. The molecule has 278 valence electrons. The number of aliphatic hydroxyl groups is 2. The Morgan fingerprint density at radius 2 is 0.872 bits per heavy atom. The highest BCUT2D eigenvalue weighted by molar-refractivity contribution is 5.76. The fourth-order valence-electron chi connectivity index (χ4n) is 6.45. The van der Waals surface area contributed by atoms with Gasteiger partial charge in [-0.15, -0.1) is 0 Å². The molecule has 0 fully saturated rings. The molecule has 0 radical (unpaired) electrons. The van der Waals surface area contributed by atoms with Crippen LogP contribution in [-0.4, -0.2) is 34.9 Å². The van der Waals surface area contributed by atoms with E-state index in [1.165, 1.54) is 167 Å². The monoisotopic (exact) mass is 662 g/mol. The van der Waals surface area contributed by atoms with Crippen LogP contribution in [-0.2, 0) is 4.79 Å². The first-order valence-corrected chi connectivity index (χ1v) is 21.0. The molecule has 2 atom stereocenters. The van der Waals surface area contributed by atoms with E-state index in [-0.39, 0.29) is 12.5 Å². The average Bonchev–Trinajstić information content (AvgIpc) is 3.07. The summed E-state index contributed by atoms with van der Waals surface area (Å²) in [7, 11) is 0. The molecule has 4 heteroatoms. The third-order valence-corrected chi connectivity index (χ3v) is 9.72. The highest BCUT2D eigenvalue weighted by Crippen LogP contribution is 2.15. The summed E-state index contributed by atoms with van der Waals surface area (Å²) in [4.78, 5) is 12.4. The lowest BCUT2D eigenvalue weighted by Gasteiger charge is -2.22. The normalized spacial score (nSPS) is 13.2. The second kappa shape index (κ2) is 39.3. The van der Waals surface area contributed by atoms with Gasteiger partial charge in [-0.2, -0.15) is 0 Å². The van der Waals surface area contributed by atoms with Crippen molar-refractivity contribution in [3.63, 3.8) is 0 Å². The summed E-state index contributed by atoms with van der Waals surface area (Å²) in [5.74, 6) is -0.0352. The van der Waals surface area contributed by atoms with Crippen molar-refractivity contribution in [1.29, 1.82) is 0 Å². The van der Waals surface area contributed by atoms with E-state index in [1.54, 1.807) is 0 Å². The Hall–Kier alpha value is -1.13. The van der Waals surface area contributed by atoms with Crippen LogP contribution in [0.1, 0.15) is 226 Å². The molecule has 1 amide bonds. The maximum absolute atomic E-state index is 12.4. The van der Waals surface area contributed by atoms with Crippen LogP contribution in [0.5, 0.6) is 0 Å². The number of unbranched alkanes of at least 4 members (excludes halogenated alkanes) is 27. The maximum atomic E-state index is 12.4. The summed E-state index contributed by atoms with van der Waals surface area (Å²) in [5, 5.41) is 23.1. The molecule has 0 aliphatic carbocycles. The zero-order valence-electron chi connectivity index (χ0n) is 31.8. The Labute approximate surface area is 294 Å². The lowest BCUT2D eigenvalue weighted by molar-refractivity contribution is -0.123. The minimum atomic E-state index is -0.658. The minimum absolute atomic E-state index is 0.0352. The zero-order chi connectivity index (χ0) is 34.3. The predicted octanol–water partition coefficient (Wildman–Crippen LogP) is 12.8. The number of amides is 1. The average molecular weight is 662 g/mol. The van der Waals surface area contributed by atoms with Crippen molar-refractivity contribution in [3.05, 3.63) is 24.3 Å². The van der Waals surface area contributed by atoms with Crippen LogP contribution in [0.3, 0.4) is 0 Å². The molecular formula is C43H83NO3. The molecule has 0 rings (SSSR count). The lowest BCUT2D eigenvalue weighted by Crippen LogP contribution is -2.45. The van der Waals surface area contributed by atoms with Crippen LogP contribution in [0.15, 0.2) is 24.3 Å². The van der Waals surface area contributed by atoms with Gasteiger partial charge in [0.1, 0.15) is 0 Å². The Kier molecular flexibility index (Phi) is 38.4. The van der Waals surface area contributed by atoms with E-state index in [0.29, 0.717) is 12.8 Å². The second-order valence-electron chi connectivity index (χ2n) is 14.4. The Morgan fingerprint density at radius 1 is 0.511 bits per heavy atom. The van der Waals surface area contributed by atoms with E-state index >= 15 is 0 Å². The molecule has 0 bridgehead atoms. The second-order valence-corrected chi connectivity index (χ2v) is 14.4. The standard InChI is InChI=1S/C43H83NO3/c1-3-5-7-9-11-13-15-17-19-20-21-22-23-24-25-27-29-31-33-35-37-39-43(47)44-41(40-45)42(46)38-36-34-32-30-28-26-18-16-14-12-10-8-6-4-2/h15,17,20-21,41-42,45-46H,3-14,16,18-19,22-40H2,1-2H3,(H,44,47)/b17-15-,21-20-. The number of hydrogen-bond donors (Lipinski definition) is 3. The van der Waals surface area contributed by atoms with E-state index in [9.17, 15) is 15.0 Å². The van der Waals surface area contributed by atoms with Gasteiger partial charge >= 0.3 is 0 Å². The molecule has 3 N–H and O–H groups in total. The van der Waals surface area contributed by atoms with Gasteiger partial charge in [0.25, 0.3) is 0 Å². The van der Waals surface area contributed by atoms with Gasteiger partial charge in [0.05, 0.1) is 18.8 Å². The van der Waals surface area contributed by atoms with Crippen LogP contribution in [0.25, 0.3) is 0 Å². The zero-order valence-corrected chi connectivity index (χ0v) is 31.8. The van der Waals surface area contributed by atoms with Crippen molar-refractivity contribution >= 4 is 5.91 Å². The first-order valence-electron chi connectivity index (χ1n) is 21.0. The maximum Gasteiger partial charge on any atom is 0.220 e. The summed E-state index contributed by atoms with van der Waals surface area (Å²) in [6.45, 7) is 4.35. The third kappa shape index (κ3) is 36.0. The van der Waals surface area contributed by atoms with Gasteiger partial charge < -0.3 is 15.5 Å². The number of allylic oxidation sites excluding steroid dienone is 4. The Balaban J connectivity index is 3.53. The van der Waals surface area contributed by atoms with Crippen LogP contribution in [0.2, 0.25) is 0 Å². The number of rotatable bonds is 38. The summed E-state index contributed by atoms with van der Waals surface area (Å²) >= 11 is 0. The van der Waals surface area contributed by atoms with E-state index in [4.69, 9.17) is 0 Å². The van der Waals surface area contributed by atoms with E-state index in [0.717, 1.165) is 32.1 Å². The molecule has 0 aliphatic heterocycles. The minimum Gasteiger partial charge on any atom is -0.394 e. The topological polar surface area (TPSA) is 69.6 Å². The molecule has 0 heterocycles. The van der Waals surface area contributed by atoms with Crippen LogP contribution < -0.4 is 5.32 Å². The summed E-state index contributed by atoms with van der Waals surface area (Å²) in [5.41, 5.74) is 0. The summed E-state index contributed by atoms with van der Waals surface area (Å²) < 4.78 is 0. The molecule has 2 unspecified atom stereocenters. The molecule has 0 spiro atoms. The van der Waals surface area contributed by atoms with Crippen molar-refractivity contribution in [2.75, 3.05) is 6.61 Å². The van der Waals surface area contributed by atoms with Gasteiger partial charge in [-0.3, -0.25) is 4.79 Å². The van der Waals surface area contributed by atoms with Gasteiger partial charge in [0.15, 0.2) is 0 Å². The van der Waals surface area contributed by atoms with E-state index < -0.39 is 12.1 Å². The highest BCUT2D eigenvalue weighted by Gasteiger charge is 2.19. The van der Waals surface area contributed by atoms with Gasteiger partial charge in [-0.1, -0.05) is 199 Å². The number of hydrogen-bond acceptors (Lipinski definition) is 3. The number of aliphatic hydroxyl groups excluding tert-OH is 2. The van der Waals surface area contributed by atoms with Gasteiger partial charge in [-0.05, 0) is 44.9 Å². The first-order chi connectivity index (χ1) is 23.2. The molecule has 0 aliphatic rings. The molecule has 0 aromatic heterocycles. The molecule has 0 aromatic carbocycles. The number of carbonyl (C=O) groups excluding carboxylic acids is 1. The largest absolute Gasteiger partial charge is 0.394 e. The fraction of sp³-hybridized carbons (Fsp3) is 0.884. The van der Waals surface area contributed by atoms with Gasteiger partial charge in [-0.25, -0.2) is 0 Å². The summed E-state index contributed by atoms with van der Waals surface area (Å²) in [6.07, 6.45) is 49.6. The van der Waals surface area contributed by atoms with Crippen molar-refractivity contribution in [3.8, 4) is 0 Å². The molecule has 0 aromatic rings. The third-order valence-electron chi connectivity index (χ3n) is 9.72. The van der Waals surface area contributed by atoms with E-state index in [2.05, 4.69) is 43.5 Å². The quantitative estimate of drug-likeness (QED) is 0.0455. The van der Waals surface area contributed by atoms with Crippen LogP contribution in [0, 0.1) is 0 Å². The van der Waals surface area contributed by atoms with Crippen molar-refractivity contribution < 1.29 is 15.0 Å². The Bertz CT molecular complexity index is 676. The lowest BCUT2D eigenvalue weighted by atomic mass is 10.0. The fourth-order valence-corrected chi connectivity index (χ4v) is 6.45. The predicted molar refractivity (Wildman–Crippen MR) is 207 cm³/mol. The SMILES string of the molecule is CCCCCCC/C=C\C/C=C\CCCCCCCCCCCC(=O)NC(CO)C(O)CCCCCCCCCCCCCCCC. The van der Waals surface area contributed by atoms with Gasteiger partial charge in [0.2, 0.25) is 5.91 Å². The van der Waals surface area contributed by atoms with Crippen molar-refractivity contribution in [1.82, 2.24) is 5.32 Å². The smallest absolute Gasteiger partial charge is 0.220 e. The number of nitrogens with one attached hydrogen (secondary N) is 1. The van der Waals surface area contributed by atoms with Crippen LogP contribution >= 0.6 is 0 Å². The van der Waals surface area contributed by atoms with Crippen molar-refractivity contribution in [2.45, 2.75) is 238 Å². The van der Waals surface area contributed by atoms with E-state index in [1.807, 2.05) is 0 Å². The molecule has 4 nitrogen and oxygen atoms in total. The van der Waals surface area contributed by atoms with Crippen molar-refractivity contribution in [2.24, 2.45) is 0 Å².